The Balaban J connectivity index is 1.77. The molecule has 1 N–H and O–H groups in total. The Morgan fingerprint density at radius 3 is 2.24 bits per heavy atom. The normalized spacial score (nSPS) is 14.7. The Bertz CT molecular complexity index is 1600. The molecule has 248 valence electrons. The van der Waals surface area contributed by atoms with Crippen LogP contribution in [0.1, 0.15) is 56.6 Å². The number of rotatable bonds is 12. The van der Waals surface area contributed by atoms with Crippen LogP contribution in [0, 0.1) is 0 Å². The zero-order valence-electron chi connectivity index (χ0n) is 25.6. The van der Waals surface area contributed by atoms with Gasteiger partial charge in [-0.05, 0) is 67.3 Å². The van der Waals surface area contributed by atoms with Crippen LogP contribution in [-0.4, -0.2) is 50.9 Å². The van der Waals surface area contributed by atoms with Crippen LogP contribution in [0.4, 0.5) is 18.9 Å². The summed E-state index contributed by atoms with van der Waals surface area (Å²) >= 11 is 6.33. The number of halogens is 4. The van der Waals surface area contributed by atoms with Crippen molar-refractivity contribution in [2.45, 2.75) is 75.1 Å². The van der Waals surface area contributed by atoms with Crippen LogP contribution in [-0.2, 0) is 32.3 Å². The fourth-order valence-corrected chi connectivity index (χ4v) is 7.22. The molecule has 46 heavy (non-hydrogen) atoms. The Hall–Kier alpha value is -3.77. The van der Waals surface area contributed by atoms with E-state index in [9.17, 15) is 31.2 Å². The van der Waals surface area contributed by atoms with Gasteiger partial charge in [-0.25, -0.2) is 8.42 Å². The highest BCUT2D eigenvalue weighted by atomic mass is 35.5. The van der Waals surface area contributed by atoms with Gasteiger partial charge in [-0.1, -0.05) is 68.1 Å². The second-order valence-electron chi connectivity index (χ2n) is 11.1. The number of alkyl halides is 3. The molecule has 3 aromatic carbocycles. The van der Waals surface area contributed by atoms with Gasteiger partial charge in [0.25, 0.3) is 10.0 Å². The average molecular weight is 680 g/mol. The Labute approximate surface area is 272 Å². The zero-order valence-corrected chi connectivity index (χ0v) is 27.2. The van der Waals surface area contributed by atoms with Crippen molar-refractivity contribution in [2.75, 3.05) is 18.0 Å². The molecule has 0 aliphatic heterocycles. The predicted octanol–water partition coefficient (Wildman–Crippen LogP) is 6.82. The fraction of sp³-hybridized carbons (Fsp3) is 0.394. The van der Waals surface area contributed by atoms with Crippen molar-refractivity contribution in [1.82, 2.24) is 10.2 Å². The molecule has 1 fully saturated rings. The number of amides is 2. The fourth-order valence-electron chi connectivity index (χ4n) is 5.50. The van der Waals surface area contributed by atoms with Crippen LogP contribution in [0.5, 0.6) is 5.75 Å². The van der Waals surface area contributed by atoms with Gasteiger partial charge in [-0.2, -0.15) is 13.2 Å². The van der Waals surface area contributed by atoms with E-state index < -0.39 is 45.9 Å². The lowest BCUT2D eigenvalue weighted by Gasteiger charge is -2.34. The molecule has 1 atom stereocenters. The van der Waals surface area contributed by atoms with E-state index in [4.69, 9.17) is 16.3 Å². The van der Waals surface area contributed by atoms with E-state index in [2.05, 4.69) is 5.32 Å². The standard InChI is InChI=1S/C33H37ClF3N3O5S/c1-3-29(32(42)38-25-10-6-4-7-11-25)39(21-23-14-17-26(45-2)18-15-23)31(41)22-40(46(43,44)27-12-8-5-9-13-27)30-20-24(33(35,36)37)16-19-28(30)34/h5,8-9,12-20,25,29H,3-4,6-7,10-11,21-22H2,1-2H3,(H,38,42)/t29-/m0/s1. The lowest BCUT2D eigenvalue weighted by molar-refractivity contribution is -0.140. The number of nitrogens with zero attached hydrogens (tertiary/aromatic N) is 2. The lowest BCUT2D eigenvalue weighted by atomic mass is 9.95. The highest BCUT2D eigenvalue weighted by Crippen LogP contribution is 2.37. The van der Waals surface area contributed by atoms with Crippen molar-refractivity contribution in [3.8, 4) is 5.75 Å². The number of methoxy groups -OCH3 is 1. The van der Waals surface area contributed by atoms with Gasteiger partial charge in [-0.3, -0.25) is 13.9 Å². The number of hydrogen-bond donors (Lipinski definition) is 1. The van der Waals surface area contributed by atoms with Crippen molar-refractivity contribution in [1.29, 1.82) is 0 Å². The van der Waals surface area contributed by atoms with Crippen molar-refractivity contribution in [2.24, 2.45) is 0 Å². The largest absolute Gasteiger partial charge is 0.497 e. The van der Waals surface area contributed by atoms with E-state index in [0.717, 1.165) is 44.2 Å². The van der Waals surface area contributed by atoms with E-state index in [0.29, 0.717) is 21.7 Å². The van der Waals surface area contributed by atoms with Crippen molar-refractivity contribution >= 4 is 39.1 Å². The molecule has 0 unspecified atom stereocenters. The summed E-state index contributed by atoms with van der Waals surface area (Å²) in [7, 11) is -3.10. The molecular formula is C33H37ClF3N3O5S. The van der Waals surface area contributed by atoms with Gasteiger partial charge in [-0.15, -0.1) is 0 Å². The zero-order chi connectivity index (χ0) is 33.5. The molecule has 0 radical (unpaired) electrons. The van der Waals surface area contributed by atoms with Crippen LogP contribution in [0.25, 0.3) is 0 Å². The first-order chi connectivity index (χ1) is 21.8. The Morgan fingerprint density at radius 2 is 1.65 bits per heavy atom. The van der Waals surface area contributed by atoms with E-state index in [1.54, 1.807) is 37.3 Å². The lowest BCUT2D eigenvalue weighted by Crippen LogP contribution is -2.54. The van der Waals surface area contributed by atoms with E-state index in [1.807, 2.05) is 0 Å². The summed E-state index contributed by atoms with van der Waals surface area (Å²) in [4.78, 5) is 29.0. The summed E-state index contributed by atoms with van der Waals surface area (Å²) in [6, 6.07) is 15.1. The Kier molecular flexibility index (Phi) is 11.6. The SMILES string of the molecule is CC[C@@H](C(=O)NC1CCCCC1)N(Cc1ccc(OC)cc1)C(=O)CN(c1cc(C(F)(F)F)ccc1Cl)S(=O)(=O)c1ccccc1. The molecule has 0 spiro atoms. The number of ether oxygens (including phenoxy) is 1. The van der Waals surface area contributed by atoms with Gasteiger partial charge in [0.2, 0.25) is 11.8 Å². The van der Waals surface area contributed by atoms with Crippen LogP contribution in [0.2, 0.25) is 5.02 Å². The molecule has 4 rings (SSSR count). The van der Waals surface area contributed by atoms with Gasteiger partial charge in [0.1, 0.15) is 18.3 Å². The maximum atomic E-state index is 14.3. The summed E-state index contributed by atoms with van der Waals surface area (Å²) in [6.07, 6.45) is 0.0418. The maximum absolute atomic E-state index is 14.3. The van der Waals surface area contributed by atoms with Gasteiger partial charge in [0.15, 0.2) is 0 Å². The highest BCUT2D eigenvalue weighted by molar-refractivity contribution is 7.92. The number of benzene rings is 3. The number of anilines is 1. The summed E-state index contributed by atoms with van der Waals surface area (Å²) in [5.41, 5.74) is -1.02. The molecule has 3 aromatic rings. The van der Waals surface area contributed by atoms with Crippen molar-refractivity contribution in [3.05, 3.63) is 88.9 Å². The molecule has 8 nitrogen and oxygen atoms in total. The number of hydrogen-bond acceptors (Lipinski definition) is 5. The molecular weight excluding hydrogens is 643 g/mol. The molecule has 1 aliphatic rings. The summed E-state index contributed by atoms with van der Waals surface area (Å²) in [5.74, 6) is -0.608. The summed E-state index contributed by atoms with van der Waals surface area (Å²) in [5, 5.41) is 2.75. The summed E-state index contributed by atoms with van der Waals surface area (Å²) < 4.78 is 75.1. The van der Waals surface area contributed by atoms with Gasteiger partial charge in [0, 0.05) is 12.6 Å². The number of carbonyl (C=O) groups excluding carboxylic acids is 2. The van der Waals surface area contributed by atoms with Crippen molar-refractivity contribution < 1.29 is 35.9 Å². The topological polar surface area (TPSA) is 96.0 Å². The number of sulfonamides is 1. The monoisotopic (exact) mass is 679 g/mol. The molecule has 0 saturated heterocycles. The molecule has 13 heteroatoms. The van der Waals surface area contributed by atoms with Gasteiger partial charge in [0.05, 0.1) is 28.3 Å². The minimum atomic E-state index is -4.81. The minimum absolute atomic E-state index is 0.0490. The molecule has 2 amide bonds. The van der Waals surface area contributed by atoms with Crippen molar-refractivity contribution in [3.63, 3.8) is 0 Å². The van der Waals surface area contributed by atoms with Crippen LogP contribution < -0.4 is 14.4 Å². The Morgan fingerprint density at radius 1 is 1.00 bits per heavy atom. The van der Waals surface area contributed by atoms with E-state index >= 15 is 0 Å². The molecule has 0 heterocycles. The molecule has 0 bridgehead atoms. The van der Waals surface area contributed by atoms with Crippen LogP contribution in [0.15, 0.2) is 77.7 Å². The molecule has 1 saturated carbocycles. The maximum Gasteiger partial charge on any atom is 0.416 e. The average Bonchev–Trinajstić information content (AvgIpc) is 3.04. The first-order valence-corrected chi connectivity index (χ1v) is 16.8. The predicted molar refractivity (Wildman–Crippen MR) is 170 cm³/mol. The third-order valence-corrected chi connectivity index (χ3v) is 10.1. The summed E-state index contributed by atoms with van der Waals surface area (Å²) in [6.45, 7) is 0.748. The van der Waals surface area contributed by atoms with Crippen LogP contribution >= 0.6 is 11.6 Å². The molecule has 0 aromatic heterocycles. The first kappa shape index (κ1) is 35.1. The number of carbonyl (C=O) groups is 2. The second kappa shape index (κ2) is 15.2. The first-order valence-electron chi connectivity index (χ1n) is 15.0. The van der Waals surface area contributed by atoms with Gasteiger partial charge < -0.3 is 15.0 Å². The quantitative estimate of drug-likeness (QED) is 0.227. The van der Waals surface area contributed by atoms with E-state index in [1.165, 1.54) is 36.3 Å². The highest BCUT2D eigenvalue weighted by Gasteiger charge is 2.37. The van der Waals surface area contributed by atoms with Crippen LogP contribution in [0.3, 0.4) is 0 Å². The number of nitrogens with one attached hydrogen (secondary N) is 1. The minimum Gasteiger partial charge on any atom is -0.497 e. The third-order valence-electron chi connectivity index (χ3n) is 8.00. The molecule has 1 aliphatic carbocycles. The smallest absolute Gasteiger partial charge is 0.416 e. The third kappa shape index (κ3) is 8.52. The van der Waals surface area contributed by atoms with Gasteiger partial charge >= 0.3 is 6.18 Å². The second-order valence-corrected chi connectivity index (χ2v) is 13.4. The van der Waals surface area contributed by atoms with E-state index in [-0.39, 0.29) is 34.8 Å².